The van der Waals surface area contributed by atoms with Gasteiger partial charge in [-0.25, -0.2) is 0 Å². The Kier molecular flexibility index (Phi) is 1.11. The molecule has 0 aromatic heterocycles. The van der Waals surface area contributed by atoms with E-state index in [0.29, 0.717) is 11.8 Å². The third-order valence-electron chi connectivity index (χ3n) is 3.39. The maximum Gasteiger partial charge on any atom is 1.00 e. The first-order chi connectivity index (χ1) is 3.88. The zero-order valence-corrected chi connectivity index (χ0v) is 5.71. The second-order valence-electron chi connectivity index (χ2n) is 3.60. The molecular weight excluding hydrogens is 107 g/mol. The Morgan fingerprint density at radius 3 is 1.78 bits per heavy atom. The molecule has 0 aromatic carbocycles. The Morgan fingerprint density at radius 1 is 1.11 bits per heavy atom. The third-order valence-corrected chi connectivity index (χ3v) is 3.39. The predicted molar refractivity (Wildman–Crippen MR) is 27.0 cm³/mol. The van der Waals surface area contributed by atoms with Gasteiger partial charge in [0, 0.05) is 0 Å². The van der Waals surface area contributed by atoms with Crippen LogP contribution >= 0.6 is 0 Å². The summed E-state index contributed by atoms with van der Waals surface area (Å²) in [4.78, 5) is 0. The van der Waals surface area contributed by atoms with E-state index in [1.807, 2.05) is 0 Å². The quantitative estimate of drug-likeness (QED) is 0.309. The topological polar surface area (TPSA) is 23.1 Å². The van der Waals surface area contributed by atoms with Crippen molar-refractivity contribution in [1.82, 2.24) is 0 Å². The van der Waals surface area contributed by atoms with Crippen molar-refractivity contribution in [2.75, 3.05) is 0 Å². The summed E-state index contributed by atoms with van der Waals surface area (Å²) in [6.07, 6.45) is 2.47. The zero-order valence-electron chi connectivity index (χ0n) is 5.71. The molecule has 0 spiro atoms. The van der Waals surface area contributed by atoms with E-state index in [2.05, 4.69) is 0 Å². The van der Waals surface area contributed by atoms with E-state index in [1.165, 1.54) is 12.8 Å². The molecule has 0 saturated heterocycles. The van der Waals surface area contributed by atoms with Crippen LogP contribution in [0.15, 0.2) is 0 Å². The molecule has 0 aromatic rings. The minimum absolute atomic E-state index is 0. The van der Waals surface area contributed by atoms with Crippen LogP contribution < -0.4 is 24.0 Å². The van der Waals surface area contributed by atoms with Gasteiger partial charge in [0.2, 0.25) is 0 Å². The Bertz CT molecular complexity index is 134. The molecule has 4 rings (SSSR count). The van der Waals surface area contributed by atoms with Crippen LogP contribution in [0.4, 0.5) is 0 Å². The van der Waals surface area contributed by atoms with Crippen LogP contribution in [0.25, 0.3) is 0 Å². The van der Waals surface area contributed by atoms with E-state index < -0.39 is 0 Å². The molecule has 3 unspecified atom stereocenters. The van der Waals surface area contributed by atoms with E-state index in [9.17, 15) is 5.11 Å². The largest absolute Gasteiger partial charge is 1.00 e. The van der Waals surface area contributed by atoms with E-state index in [4.69, 9.17) is 0 Å². The van der Waals surface area contributed by atoms with Gasteiger partial charge < -0.3 is 5.11 Å². The normalized spacial score (nSPS) is 65.7. The number of hydrogen-bond acceptors (Lipinski definition) is 1. The minimum atomic E-state index is -0.120. The second kappa shape index (κ2) is 1.59. The first-order valence-corrected chi connectivity index (χ1v) is 3.54. The van der Waals surface area contributed by atoms with Gasteiger partial charge in [-0.2, -0.15) is 0 Å². The summed E-state index contributed by atoms with van der Waals surface area (Å²) >= 11 is 0. The standard InChI is InChI=1S/C7H9O.Li/c8-7-3-1-4-5(2-3)6(4)7;/h3-7H,1-2H2;/q-1;+1. The van der Waals surface area contributed by atoms with Gasteiger partial charge in [0.1, 0.15) is 0 Å². The van der Waals surface area contributed by atoms with E-state index in [1.54, 1.807) is 0 Å². The van der Waals surface area contributed by atoms with Crippen LogP contribution in [0.3, 0.4) is 0 Å². The molecule has 4 aliphatic rings. The van der Waals surface area contributed by atoms with Gasteiger partial charge in [0.25, 0.3) is 0 Å². The van der Waals surface area contributed by atoms with Crippen molar-refractivity contribution in [1.29, 1.82) is 0 Å². The molecular formula is C7H9LiO. The molecule has 3 atom stereocenters. The maximum atomic E-state index is 11.1. The monoisotopic (exact) mass is 116 g/mol. The van der Waals surface area contributed by atoms with Crippen molar-refractivity contribution in [3.63, 3.8) is 0 Å². The van der Waals surface area contributed by atoms with E-state index in [0.717, 1.165) is 11.8 Å². The molecule has 9 heavy (non-hydrogen) atoms. The Labute approximate surface area is 67.0 Å². The first-order valence-electron chi connectivity index (χ1n) is 3.54. The Hall–Kier alpha value is 0.557. The van der Waals surface area contributed by atoms with Gasteiger partial charge in [0.05, 0.1) is 0 Å². The molecule has 4 aliphatic carbocycles. The molecule has 0 amide bonds. The van der Waals surface area contributed by atoms with Crippen LogP contribution in [0, 0.1) is 23.7 Å². The van der Waals surface area contributed by atoms with Crippen molar-refractivity contribution in [2.24, 2.45) is 23.7 Å². The fraction of sp³-hybridized carbons (Fsp3) is 1.00. The molecule has 1 nitrogen and oxygen atoms in total. The summed E-state index contributed by atoms with van der Waals surface area (Å²) in [5.41, 5.74) is 0. The smallest absolute Gasteiger partial charge is 0.852 e. The van der Waals surface area contributed by atoms with Crippen LogP contribution in [0.1, 0.15) is 12.8 Å². The van der Waals surface area contributed by atoms with Gasteiger partial charge in [-0.05, 0) is 30.6 Å². The summed E-state index contributed by atoms with van der Waals surface area (Å²) < 4.78 is 0. The van der Waals surface area contributed by atoms with Crippen molar-refractivity contribution < 1.29 is 24.0 Å². The average Bonchev–Trinajstić information content (AvgIpc) is 2.23. The molecule has 4 fully saturated rings. The second-order valence-corrected chi connectivity index (χ2v) is 3.60. The summed E-state index contributed by atoms with van der Waals surface area (Å²) in [7, 11) is 0. The maximum absolute atomic E-state index is 11.1. The number of hydrogen-bond donors (Lipinski definition) is 0. The molecule has 44 valence electrons. The predicted octanol–water partition coefficient (Wildman–Crippen LogP) is -2.99. The van der Waals surface area contributed by atoms with E-state index >= 15 is 0 Å². The van der Waals surface area contributed by atoms with Crippen molar-refractivity contribution in [2.45, 2.75) is 18.9 Å². The van der Waals surface area contributed by atoms with Gasteiger partial charge in [-0.1, -0.05) is 5.92 Å². The molecule has 0 aliphatic heterocycles. The van der Waals surface area contributed by atoms with Gasteiger partial charge in [-0.3, -0.25) is 0 Å². The number of rotatable bonds is 0. The Morgan fingerprint density at radius 2 is 1.67 bits per heavy atom. The molecule has 4 saturated carbocycles. The summed E-state index contributed by atoms with van der Waals surface area (Å²) in [6, 6.07) is 0. The summed E-state index contributed by atoms with van der Waals surface area (Å²) in [5.74, 6) is 3.12. The van der Waals surface area contributed by atoms with Gasteiger partial charge in [-0.15, -0.1) is 6.10 Å². The van der Waals surface area contributed by atoms with Gasteiger partial charge >= 0.3 is 18.9 Å². The van der Waals surface area contributed by atoms with E-state index in [-0.39, 0.29) is 25.0 Å². The van der Waals surface area contributed by atoms with Crippen LogP contribution in [0.5, 0.6) is 0 Å². The summed E-state index contributed by atoms with van der Waals surface area (Å²) in [6.45, 7) is 0. The zero-order chi connectivity index (χ0) is 5.30. The Balaban J connectivity index is 0.000000333. The fourth-order valence-corrected chi connectivity index (χ4v) is 3.00. The SMILES string of the molecule is [Li+].[O-]C1C2CC3C(C2)C13. The van der Waals surface area contributed by atoms with Crippen LogP contribution in [-0.4, -0.2) is 6.10 Å². The third kappa shape index (κ3) is 0.522. The molecule has 2 heteroatoms. The van der Waals surface area contributed by atoms with Crippen LogP contribution in [-0.2, 0) is 0 Å². The van der Waals surface area contributed by atoms with Gasteiger partial charge in [0.15, 0.2) is 0 Å². The molecule has 0 heterocycles. The fourth-order valence-electron chi connectivity index (χ4n) is 3.00. The van der Waals surface area contributed by atoms with Crippen LogP contribution in [0.2, 0.25) is 0 Å². The minimum Gasteiger partial charge on any atom is -0.852 e. The van der Waals surface area contributed by atoms with Crippen molar-refractivity contribution in [3.05, 3.63) is 0 Å². The average molecular weight is 116 g/mol. The first kappa shape index (κ1) is 6.28. The molecule has 0 N–H and O–H groups in total. The summed E-state index contributed by atoms with van der Waals surface area (Å²) in [5, 5.41) is 11.1. The van der Waals surface area contributed by atoms with Crippen molar-refractivity contribution >= 4 is 0 Å². The molecule has 4 bridgehead atoms. The van der Waals surface area contributed by atoms with Crippen molar-refractivity contribution in [3.8, 4) is 0 Å². The molecule has 0 radical (unpaired) electrons.